The largest absolute Gasteiger partial charge is 0.383 e. The van der Waals surface area contributed by atoms with Crippen molar-refractivity contribution in [1.29, 1.82) is 0 Å². The number of halogens is 4. The fourth-order valence-corrected chi connectivity index (χ4v) is 1.76. The van der Waals surface area contributed by atoms with E-state index >= 15 is 0 Å². The maximum atomic E-state index is 13.1. The highest BCUT2D eigenvalue weighted by molar-refractivity contribution is 7.89. The zero-order chi connectivity index (χ0) is 12.7. The number of anilines is 1. The first-order valence-corrected chi connectivity index (χ1v) is 5.33. The number of nitrogens with two attached hydrogens (primary N) is 1. The first-order valence-electron chi connectivity index (χ1n) is 3.78. The van der Waals surface area contributed by atoms with Crippen molar-refractivity contribution < 1.29 is 26.0 Å². The highest BCUT2D eigenvalue weighted by atomic mass is 32.2. The Kier molecular flexibility index (Phi) is 3.10. The van der Waals surface area contributed by atoms with Crippen molar-refractivity contribution >= 4 is 15.7 Å². The van der Waals surface area contributed by atoms with Crippen molar-refractivity contribution in [1.82, 2.24) is 0 Å². The second kappa shape index (κ2) is 3.91. The van der Waals surface area contributed by atoms with Gasteiger partial charge in [0.2, 0.25) is 10.0 Å². The van der Waals surface area contributed by atoms with E-state index in [1.807, 2.05) is 5.32 Å². The van der Waals surface area contributed by atoms with Crippen molar-refractivity contribution in [3.05, 3.63) is 23.3 Å². The lowest BCUT2D eigenvalue weighted by Crippen LogP contribution is -2.19. The topological polar surface area (TPSA) is 72.2 Å². The molecule has 0 saturated heterocycles. The lowest BCUT2D eigenvalue weighted by molar-refractivity contribution is 0.424. The number of sulfonamides is 1. The quantitative estimate of drug-likeness (QED) is 0.612. The number of benzene rings is 1. The first-order chi connectivity index (χ1) is 7.21. The molecule has 0 aliphatic heterocycles. The van der Waals surface area contributed by atoms with E-state index in [0.717, 1.165) is 7.05 Å². The molecule has 0 aliphatic carbocycles. The van der Waals surface area contributed by atoms with Crippen molar-refractivity contribution in [2.24, 2.45) is 5.14 Å². The Morgan fingerprint density at radius 2 is 1.38 bits per heavy atom. The summed E-state index contributed by atoms with van der Waals surface area (Å²) in [5, 5.41) is 6.28. The Hall–Kier alpha value is -1.35. The van der Waals surface area contributed by atoms with Crippen LogP contribution in [-0.2, 0) is 10.0 Å². The van der Waals surface area contributed by atoms with Gasteiger partial charge in [-0.3, -0.25) is 0 Å². The van der Waals surface area contributed by atoms with Gasteiger partial charge in [-0.15, -0.1) is 0 Å². The molecule has 0 saturated carbocycles. The number of rotatable bonds is 2. The molecule has 9 heteroatoms. The van der Waals surface area contributed by atoms with E-state index < -0.39 is 43.9 Å². The van der Waals surface area contributed by atoms with Crippen molar-refractivity contribution in [3.63, 3.8) is 0 Å². The molecule has 0 unspecified atom stereocenters. The molecule has 16 heavy (non-hydrogen) atoms. The van der Waals surface area contributed by atoms with E-state index in [1.165, 1.54) is 0 Å². The molecule has 0 amide bonds. The average Bonchev–Trinajstić information content (AvgIpc) is 2.14. The van der Waals surface area contributed by atoms with Crippen LogP contribution in [0.25, 0.3) is 0 Å². The zero-order valence-electron chi connectivity index (χ0n) is 7.81. The summed E-state index contributed by atoms with van der Waals surface area (Å²) < 4.78 is 73.8. The van der Waals surface area contributed by atoms with Gasteiger partial charge in [0.1, 0.15) is 5.69 Å². The Bertz CT molecular complexity index is 515. The van der Waals surface area contributed by atoms with Crippen LogP contribution in [0.4, 0.5) is 23.2 Å². The Balaban J connectivity index is 3.82. The van der Waals surface area contributed by atoms with E-state index in [-0.39, 0.29) is 0 Å². The maximum Gasteiger partial charge on any atom is 0.244 e. The predicted octanol–water partition coefficient (Wildman–Crippen LogP) is 0.932. The predicted molar refractivity (Wildman–Crippen MR) is 47.2 cm³/mol. The molecule has 1 aromatic carbocycles. The van der Waals surface area contributed by atoms with Crippen LogP contribution in [0.2, 0.25) is 0 Å². The third-order valence-electron chi connectivity index (χ3n) is 1.76. The van der Waals surface area contributed by atoms with E-state index in [4.69, 9.17) is 0 Å². The van der Waals surface area contributed by atoms with Crippen LogP contribution < -0.4 is 10.5 Å². The van der Waals surface area contributed by atoms with Crippen LogP contribution >= 0.6 is 0 Å². The molecular formula is C7H6F4N2O2S. The minimum atomic E-state index is -4.89. The summed E-state index contributed by atoms with van der Waals surface area (Å²) in [5.41, 5.74) is -1.11. The molecule has 0 bridgehead atoms. The summed E-state index contributed by atoms with van der Waals surface area (Å²) in [4.78, 5) is -1.83. The van der Waals surface area contributed by atoms with Crippen LogP contribution in [0.3, 0.4) is 0 Å². The number of nitrogens with one attached hydrogen (secondary N) is 1. The van der Waals surface area contributed by atoms with Gasteiger partial charge in [0.15, 0.2) is 28.2 Å². The molecule has 1 rings (SSSR count). The van der Waals surface area contributed by atoms with Crippen molar-refractivity contribution in [2.75, 3.05) is 12.4 Å². The Morgan fingerprint density at radius 3 is 1.62 bits per heavy atom. The van der Waals surface area contributed by atoms with Gasteiger partial charge in [-0.1, -0.05) is 0 Å². The van der Waals surface area contributed by atoms with Crippen LogP contribution in [0, 0.1) is 23.3 Å². The number of hydrogen-bond acceptors (Lipinski definition) is 3. The highest BCUT2D eigenvalue weighted by Crippen LogP contribution is 2.29. The van der Waals surface area contributed by atoms with E-state index in [0.29, 0.717) is 0 Å². The molecule has 0 atom stereocenters. The third-order valence-corrected chi connectivity index (χ3v) is 2.69. The van der Waals surface area contributed by atoms with Gasteiger partial charge in [0.25, 0.3) is 0 Å². The Morgan fingerprint density at radius 1 is 1.00 bits per heavy atom. The molecule has 0 spiro atoms. The molecule has 0 aliphatic rings. The highest BCUT2D eigenvalue weighted by Gasteiger charge is 2.30. The van der Waals surface area contributed by atoms with Gasteiger partial charge in [-0.2, -0.15) is 0 Å². The minimum Gasteiger partial charge on any atom is -0.383 e. The fraction of sp³-hybridized carbons (Fsp3) is 0.143. The standard InChI is InChI=1S/C7H6F4N2O2S/c1-13-6-2(8)4(10)7(16(12,14)15)5(11)3(6)9/h13H,1H3,(H2,12,14,15). The minimum absolute atomic E-state index is 1.01. The van der Waals surface area contributed by atoms with Gasteiger partial charge < -0.3 is 5.32 Å². The van der Waals surface area contributed by atoms with Crippen molar-refractivity contribution in [2.45, 2.75) is 4.90 Å². The fourth-order valence-electron chi connectivity index (χ4n) is 1.08. The molecular weight excluding hydrogens is 252 g/mol. The van der Waals surface area contributed by atoms with Gasteiger partial charge in [0, 0.05) is 7.05 Å². The van der Waals surface area contributed by atoms with Gasteiger partial charge in [-0.05, 0) is 0 Å². The van der Waals surface area contributed by atoms with Crippen LogP contribution in [0.5, 0.6) is 0 Å². The first kappa shape index (κ1) is 12.7. The van der Waals surface area contributed by atoms with E-state index in [2.05, 4.69) is 5.14 Å². The molecule has 90 valence electrons. The van der Waals surface area contributed by atoms with Gasteiger partial charge in [-0.25, -0.2) is 31.1 Å². The molecule has 0 fully saturated rings. The number of hydrogen-bond donors (Lipinski definition) is 2. The lowest BCUT2D eigenvalue weighted by Gasteiger charge is -2.09. The van der Waals surface area contributed by atoms with Crippen LogP contribution in [0.1, 0.15) is 0 Å². The van der Waals surface area contributed by atoms with Crippen LogP contribution in [0.15, 0.2) is 4.90 Å². The molecule has 0 heterocycles. The summed E-state index contributed by atoms with van der Waals surface area (Å²) in [5.74, 6) is -7.84. The molecule has 1 aromatic rings. The van der Waals surface area contributed by atoms with E-state index in [1.54, 1.807) is 0 Å². The Labute approximate surface area is 88.1 Å². The lowest BCUT2D eigenvalue weighted by atomic mass is 10.2. The third kappa shape index (κ3) is 1.83. The second-order valence-electron chi connectivity index (χ2n) is 2.76. The normalized spacial score (nSPS) is 11.6. The molecule has 0 radical (unpaired) electrons. The molecule has 3 N–H and O–H groups in total. The van der Waals surface area contributed by atoms with Gasteiger partial charge >= 0.3 is 0 Å². The molecule has 4 nitrogen and oxygen atoms in total. The zero-order valence-corrected chi connectivity index (χ0v) is 8.63. The van der Waals surface area contributed by atoms with Crippen LogP contribution in [-0.4, -0.2) is 15.5 Å². The summed E-state index contributed by atoms with van der Waals surface area (Å²) in [6, 6.07) is 0. The summed E-state index contributed by atoms with van der Waals surface area (Å²) in [6.07, 6.45) is 0. The molecule has 0 aromatic heterocycles. The number of primary sulfonamides is 1. The van der Waals surface area contributed by atoms with E-state index in [9.17, 15) is 26.0 Å². The average molecular weight is 258 g/mol. The maximum absolute atomic E-state index is 13.1. The SMILES string of the molecule is CNc1c(F)c(F)c(S(N)(=O)=O)c(F)c1F. The summed E-state index contributed by atoms with van der Waals surface area (Å²) in [6.45, 7) is 0. The summed E-state index contributed by atoms with van der Waals surface area (Å²) >= 11 is 0. The van der Waals surface area contributed by atoms with Gasteiger partial charge in [0.05, 0.1) is 0 Å². The second-order valence-corrected chi connectivity index (χ2v) is 4.25. The van der Waals surface area contributed by atoms with Crippen molar-refractivity contribution in [3.8, 4) is 0 Å². The monoisotopic (exact) mass is 258 g/mol. The summed E-state index contributed by atoms with van der Waals surface area (Å²) in [7, 11) is -3.88. The smallest absolute Gasteiger partial charge is 0.244 e.